The van der Waals surface area contributed by atoms with Crippen molar-refractivity contribution < 1.29 is 0 Å². The third-order valence-electron chi connectivity index (χ3n) is 3.80. The number of benzene rings is 3. The summed E-state index contributed by atoms with van der Waals surface area (Å²) in [4.78, 5) is 0. The maximum Gasteiger partial charge on any atom is 0.0711 e. The van der Waals surface area contributed by atoms with Gasteiger partial charge in [0.15, 0.2) is 0 Å². The Labute approximate surface area is 102 Å². The van der Waals surface area contributed by atoms with Gasteiger partial charge in [-0.15, -0.1) is 0 Å². The Balaban J connectivity index is 2.12. The predicted molar refractivity (Wildman–Crippen MR) is 77.9 cm³/mol. The first kappa shape index (κ1) is 9.43. The van der Waals surface area contributed by atoms with Crippen LogP contribution in [-0.4, -0.2) is 8.80 Å². The molecule has 0 amide bonds. The highest BCUT2D eigenvalue weighted by atomic mass is 28.3. The van der Waals surface area contributed by atoms with Crippen molar-refractivity contribution in [2.45, 2.75) is 12.1 Å². The highest BCUT2D eigenvalue weighted by Gasteiger charge is 2.26. The monoisotopic (exact) mass is 234 g/mol. The summed E-state index contributed by atoms with van der Waals surface area (Å²) < 4.78 is 0. The van der Waals surface area contributed by atoms with Crippen molar-refractivity contribution in [1.29, 1.82) is 0 Å². The van der Waals surface area contributed by atoms with Gasteiger partial charge in [-0.05, 0) is 33.7 Å². The van der Waals surface area contributed by atoms with Crippen molar-refractivity contribution >= 4 is 35.5 Å². The van der Waals surface area contributed by atoms with Crippen molar-refractivity contribution in [1.82, 2.24) is 0 Å². The molecule has 0 nitrogen and oxygen atoms in total. The summed E-state index contributed by atoms with van der Waals surface area (Å²) in [6, 6.07) is 23.3. The zero-order valence-electron chi connectivity index (χ0n) is 9.69. The molecule has 82 valence electrons. The van der Waals surface area contributed by atoms with Crippen LogP contribution in [0.5, 0.6) is 0 Å². The number of fused-ring (bicyclic) bond motifs is 2. The van der Waals surface area contributed by atoms with Gasteiger partial charge in [0.25, 0.3) is 0 Å². The average molecular weight is 234 g/mol. The molecule has 0 radical (unpaired) electrons. The fourth-order valence-electron chi connectivity index (χ4n) is 2.74. The third-order valence-corrected chi connectivity index (χ3v) is 6.34. The highest BCUT2D eigenvalue weighted by Crippen LogP contribution is 2.27. The van der Waals surface area contributed by atoms with E-state index in [4.69, 9.17) is 0 Å². The molecule has 1 saturated heterocycles. The van der Waals surface area contributed by atoms with Crippen LogP contribution in [0.25, 0.3) is 21.5 Å². The molecule has 0 aliphatic carbocycles. The zero-order valence-corrected chi connectivity index (χ0v) is 10.8. The molecule has 3 aromatic carbocycles. The van der Waals surface area contributed by atoms with Crippen LogP contribution < -0.4 is 5.19 Å². The predicted octanol–water partition coefficient (Wildman–Crippen LogP) is 3.44. The van der Waals surface area contributed by atoms with Crippen LogP contribution in [0.1, 0.15) is 0 Å². The molecule has 0 bridgehead atoms. The molecule has 0 unspecified atom stereocenters. The molecule has 1 fully saturated rings. The maximum atomic E-state index is 2.39. The first-order valence-electron chi connectivity index (χ1n) is 6.33. The van der Waals surface area contributed by atoms with Gasteiger partial charge in [-0.25, -0.2) is 0 Å². The van der Waals surface area contributed by atoms with E-state index in [1.807, 2.05) is 0 Å². The topological polar surface area (TPSA) is 0 Å². The number of hydrogen-bond donors (Lipinski definition) is 0. The van der Waals surface area contributed by atoms with E-state index in [1.165, 1.54) is 33.6 Å². The second-order valence-electron chi connectivity index (χ2n) is 5.04. The largest absolute Gasteiger partial charge is 0.0711 e. The molecule has 4 rings (SSSR count). The minimum atomic E-state index is -0.509. The van der Waals surface area contributed by atoms with Crippen molar-refractivity contribution in [3.05, 3.63) is 54.6 Å². The first-order valence-corrected chi connectivity index (χ1v) is 8.54. The van der Waals surface area contributed by atoms with Crippen LogP contribution in [0.3, 0.4) is 0 Å². The molecule has 1 heterocycles. The van der Waals surface area contributed by atoms with E-state index in [0.717, 1.165) is 0 Å². The molecule has 1 aliphatic heterocycles. The molecule has 0 N–H and O–H groups in total. The van der Waals surface area contributed by atoms with Gasteiger partial charge in [0, 0.05) is 0 Å². The highest BCUT2D eigenvalue weighted by molar-refractivity contribution is 6.84. The lowest BCUT2D eigenvalue weighted by Gasteiger charge is -2.07. The Morgan fingerprint density at radius 3 is 2.18 bits per heavy atom. The summed E-state index contributed by atoms with van der Waals surface area (Å²) in [5.74, 6) is 0. The van der Waals surface area contributed by atoms with Crippen LogP contribution in [0.15, 0.2) is 54.6 Å². The Kier molecular flexibility index (Phi) is 1.91. The standard InChI is InChI=1S/C16H14Si/c1-2-5-13-11-15-14(10-12(13)4-1)6-3-7-16(15)17-8-9-17/h1-7,10-11,17H,8-9H2. The van der Waals surface area contributed by atoms with Gasteiger partial charge in [-0.1, -0.05) is 59.7 Å². The molecule has 17 heavy (non-hydrogen) atoms. The molecule has 3 aromatic rings. The van der Waals surface area contributed by atoms with Gasteiger partial charge in [0.1, 0.15) is 0 Å². The van der Waals surface area contributed by atoms with Gasteiger partial charge in [-0.2, -0.15) is 0 Å². The quantitative estimate of drug-likeness (QED) is 0.447. The summed E-state index contributed by atoms with van der Waals surface area (Å²) in [6.45, 7) is 0. The van der Waals surface area contributed by atoms with Gasteiger partial charge >= 0.3 is 0 Å². The minimum absolute atomic E-state index is 0.509. The molecule has 1 heteroatoms. The number of rotatable bonds is 1. The van der Waals surface area contributed by atoms with Gasteiger partial charge in [-0.3, -0.25) is 0 Å². The average Bonchev–Trinajstić information content (AvgIpc) is 3.20. The summed E-state index contributed by atoms with van der Waals surface area (Å²) in [5, 5.41) is 7.35. The van der Waals surface area contributed by atoms with Gasteiger partial charge in [0.05, 0.1) is 8.80 Å². The van der Waals surface area contributed by atoms with Crippen molar-refractivity contribution in [3.8, 4) is 0 Å². The lowest BCUT2D eigenvalue weighted by Crippen LogP contribution is -2.15. The second kappa shape index (κ2) is 3.44. The van der Waals surface area contributed by atoms with E-state index >= 15 is 0 Å². The fraction of sp³-hybridized carbons (Fsp3) is 0.125. The fourth-order valence-corrected chi connectivity index (χ4v) is 5.10. The molecular weight excluding hydrogens is 220 g/mol. The molecule has 1 aliphatic rings. The lowest BCUT2D eigenvalue weighted by atomic mass is 10.0. The Hall–Kier alpha value is -1.60. The minimum Gasteiger partial charge on any atom is -0.0627 e. The van der Waals surface area contributed by atoms with Crippen LogP contribution in [0.2, 0.25) is 12.1 Å². The third kappa shape index (κ3) is 1.50. The Morgan fingerprint density at radius 1 is 0.706 bits per heavy atom. The summed E-state index contributed by atoms with van der Waals surface area (Å²) in [5.41, 5.74) is 0. The first-order chi connectivity index (χ1) is 8.42. The molecular formula is C16H14Si. The summed E-state index contributed by atoms with van der Waals surface area (Å²) in [6.07, 6.45) is 0. The van der Waals surface area contributed by atoms with E-state index in [9.17, 15) is 0 Å². The lowest BCUT2D eigenvalue weighted by molar-refractivity contribution is 1.69. The van der Waals surface area contributed by atoms with Crippen molar-refractivity contribution in [2.24, 2.45) is 0 Å². The normalized spacial score (nSPS) is 15.5. The van der Waals surface area contributed by atoms with Crippen LogP contribution in [0, 0.1) is 0 Å². The van der Waals surface area contributed by atoms with E-state index in [2.05, 4.69) is 54.6 Å². The van der Waals surface area contributed by atoms with Crippen LogP contribution in [0.4, 0.5) is 0 Å². The Morgan fingerprint density at radius 2 is 1.41 bits per heavy atom. The Bertz CT molecular complexity index is 711. The summed E-state index contributed by atoms with van der Waals surface area (Å²) in [7, 11) is -0.509. The SMILES string of the molecule is c1ccc2cc3c([SiH]4CC4)cccc3cc2c1. The molecule has 0 spiro atoms. The molecule has 0 aromatic heterocycles. The van der Waals surface area contributed by atoms with E-state index < -0.39 is 8.80 Å². The van der Waals surface area contributed by atoms with Gasteiger partial charge < -0.3 is 0 Å². The molecule has 0 saturated carbocycles. The second-order valence-corrected chi connectivity index (χ2v) is 8.21. The maximum absolute atomic E-state index is 2.39. The van der Waals surface area contributed by atoms with Crippen LogP contribution >= 0.6 is 0 Å². The summed E-state index contributed by atoms with van der Waals surface area (Å²) >= 11 is 0. The number of hydrogen-bond acceptors (Lipinski definition) is 0. The smallest absolute Gasteiger partial charge is 0.0627 e. The van der Waals surface area contributed by atoms with E-state index in [1.54, 1.807) is 5.19 Å². The van der Waals surface area contributed by atoms with E-state index in [0.29, 0.717) is 0 Å². The van der Waals surface area contributed by atoms with E-state index in [-0.39, 0.29) is 0 Å². The molecule has 0 atom stereocenters. The van der Waals surface area contributed by atoms with Crippen molar-refractivity contribution in [2.75, 3.05) is 0 Å². The van der Waals surface area contributed by atoms with Crippen molar-refractivity contribution in [3.63, 3.8) is 0 Å². The zero-order chi connectivity index (χ0) is 11.2. The van der Waals surface area contributed by atoms with Crippen LogP contribution in [-0.2, 0) is 0 Å². The van der Waals surface area contributed by atoms with Gasteiger partial charge in [0.2, 0.25) is 0 Å².